The minimum Gasteiger partial charge on any atom is -0.343 e. The van der Waals surface area contributed by atoms with E-state index in [9.17, 15) is 13.2 Å². The quantitative estimate of drug-likeness (QED) is 0.448. The largest absolute Gasteiger partial charge is 0.343 e. The molecule has 7 heteroatoms. The number of pyridine rings is 1. The van der Waals surface area contributed by atoms with Crippen LogP contribution in [-0.2, 0) is 23.0 Å². The number of sulfonamides is 1. The van der Waals surface area contributed by atoms with Crippen LogP contribution in [0.3, 0.4) is 0 Å². The van der Waals surface area contributed by atoms with Crippen LogP contribution < -0.4 is 4.72 Å². The second kappa shape index (κ2) is 8.48. The molecular formula is C26H25N3O3S. The first-order chi connectivity index (χ1) is 15.9. The van der Waals surface area contributed by atoms with Gasteiger partial charge in [-0.15, -0.1) is 0 Å². The molecule has 1 saturated carbocycles. The smallest absolute Gasteiger partial charge is 0.266 e. The standard InChI is InChI=1S/C26H25N3O3S/c1-33(31,32)28-26(30)23-14-21(19-10-11-19)16-27-24(23)15-20-8-5-9-25-22(20)12-13-29(25)17-18-6-3-2-4-7-18/h2-9,12-14,16,19H,10-11,15,17H2,1H3,(H,28,30). The van der Waals surface area contributed by atoms with Crippen molar-refractivity contribution in [2.75, 3.05) is 6.26 Å². The van der Waals surface area contributed by atoms with Crippen LogP contribution in [0.15, 0.2) is 73.1 Å². The molecule has 1 amide bonds. The number of nitrogens with one attached hydrogen (secondary N) is 1. The fourth-order valence-electron chi connectivity index (χ4n) is 4.25. The van der Waals surface area contributed by atoms with Gasteiger partial charge in [0.05, 0.1) is 17.5 Å². The highest BCUT2D eigenvalue weighted by atomic mass is 32.2. The number of amides is 1. The van der Waals surface area contributed by atoms with Gasteiger partial charge in [0.25, 0.3) is 5.91 Å². The van der Waals surface area contributed by atoms with Crippen LogP contribution >= 0.6 is 0 Å². The van der Waals surface area contributed by atoms with Crippen LogP contribution in [0, 0.1) is 0 Å². The summed E-state index contributed by atoms with van der Waals surface area (Å²) in [7, 11) is -3.67. The summed E-state index contributed by atoms with van der Waals surface area (Å²) in [5, 5.41) is 1.09. The molecule has 0 spiro atoms. The van der Waals surface area contributed by atoms with Gasteiger partial charge in [-0.2, -0.15) is 0 Å². The molecule has 0 bridgehead atoms. The lowest BCUT2D eigenvalue weighted by Gasteiger charge is -2.12. The number of nitrogens with zero attached hydrogens (tertiary/aromatic N) is 2. The monoisotopic (exact) mass is 459 g/mol. The summed E-state index contributed by atoms with van der Waals surface area (Å²) < 4.78 is 27.7. The zero-order valence-electron chi connectivity index (χ0n) is 18.4. The van der Waals surface area contributed by atoms with Crippen molar-refractivity contribution in [1.82, 2.24) is 14.3 Å². The summed E-state index contributed by atoms with van der Waals surface area (Å²) in [6, 6.07) is 20.3. The first kappa shape index (κ1) is 21.4. The van der Waals surface area contributed by atoms with Crippen LogP contribution in [0.2, 0.25) is 0 Å². The van der Waals surface area contributed by atoms with Crippen LogP contribution in [0.4, 0.5) is 0 Å². The molecule has 0 atom stereocenters. The van der Waals surface area contributed by atoms with E-state index in [1.807, 2.05) is 36.5 Å². The van der Waals surface area contributed by atoms with E-state index in [4.69, 9.17) is 0 Å². The third-order valence-corrected chi connectivity index (χ3v) is 6.58. The molecule has 2 aromatic heterocycles. The van der Waals surface area contributed by atoms with Crippen LogP contribution in [0.25, 0.3) is 10.9 Å². The Morgan fingerprint density at radius 1 is 1.09 bits per heavy atom. The lowest BCUT2D eigenvalue weighted by molar-refractivity contribution is 0.0980. The fraction of sp³-hybridized carbons (Fsp3) is 0.231. The molecule has 6 nitrogen and oxygen atoms in total. The summed E-state index contributed by atoms with van der Waals surface area (Å²) in [6.07, 6.45) is 7.46. The van der Waals surface area contributed by atoms with Gasteiger partial charge >= 0.3 is 0 Å². The average molecular weight is 460 g/mol. The maximum absolute atomic E-state index is 12.8. The molecule has 1 N–H and O–H groups in total. The molecule has 0 unspecified atom stereocenters. The number of rotatable bonds is 7. The van der Waals surface area contributed by atoms with Crippen molar-refractivity contribution in [3.63, 3.8) is 0 Å². The van der Waals surface area contributed by atoms with E-state index in [0.29, 0.717) is 23.6 Å². The second-order valence-electron chi connectivity index (χ2n) is 8.70. The van der Waals surface area contributed by atoms with E-state index in [1.165, 1.54) is 5.56 Å². The van der Waals surface area contributed by atoms with Crippen LogP contribution in [-0.4, -0.2) is 30.1 Å². The SMILES string of the molecule is CS(=O)(=O)NC(=O)c1cc(C2CC2)cnc1Cc1cccc2c1ccn2Cc1ccccc1. The van der Waals surface area contributed by atoms with Gasteiger partial charge in [0.1, 0.15) is 0 Å². The number of carbonyl (C=O) groups is 1. The van der Waals surface area contributed by atoms with E-state index in [1.54, 1.807) is 6.07 Å². The molecular weight excluding hydrogens is 434 g/mol. The Kier molecular flexibility index (Phi) is 5.50. The molecule has 0 aliphatic heterocycles. The summed E-state index contributed by atoms with van der Waals surface area (Å²) in [5.74, 6) is -0.219. The first-order valence-corrected chi connectivity index (χ1v) is 12.9. The predicted molar refractivity (Wildman–Crippen MR) is 129 cm³/mol. The van der Waals surface area contributed by atoms with E-state index < -0.39 is 15.9 Å². The fourth-order valence-corrected chi connectivity index (χ4v) is 4.70. The van der Waals surface area contributed by atoms with Gasteiger partial charge in [0.15, 0.2) is 0 Å². The summed E-state index contributed by atoms with van der Waals surface area (Å²) in [4.78, 5) is 17.4. The van der Waals surface area contributed by atoms with E-state index >= 15 is 0 Å². The second-order valence-corrected chi connectivity index (χ2v) is 10.4. The highest BCUT2D eigenvalue weighted by Gasteiger charge is 2.26. The Labute approximate surface area is 193 Å². The van der Waals surface area contributed by atoms with E-state index in [-0.39, 0.29) is 0 Å². The lowest BCUT2D eigenvalue weighted by Crippen LogP contribution is -2.30. The van der Waals surface area contributed by atoms with E-state index in [0.717, 1.165) is 47.7 Å². The van der Waals surface area contributed by atoms with Crippen molar-refractivity contribution in [3.05, 3.63) is 101 Å². The molecule has 0 saturated heterocycles. The number of hydrogen-bond acceptors (Lipinski definition) is 4. The molecule has 1 aliphatic rings. The Bertz CT molecular complexity index is 1440. The number of carbonyl (C=O) groups excluding carboxylic acids is 1. The lowest BCUT2D eigenvalue weighted by atomic mass is 10.00. The normalized spacial score (nSPS) is 13.8. The van der Waals surface area contributed by atoms with Gasteiger partial charge in [-0.05, 0) is 53.6 Å². The van der Waals surface area contributed by atoms with Crippen molar-refractivity contribution in [3.8, 4) is 0 Å². The number of hydrogen-bond donors (Lipinski definition) is 1. The Morgan fingerprint density at radius 2 is 1.88 bits per heavy atom. The zero-order chi connectivity index (χ0) is 23.0. The Hall–Kier alpha value is -3.45. The van der Waals surface area contributed by atoms with Crippen molar-refractivity contribution < 1.29 is 13.2 Å². The number of benzene rings is 2. The van der Waals surface area contributed by atoms with Crippen molar-refractivity contribution in [2.24, 2.45) is 0 Å². The summed E-state index contributed by atoms with van der Waals surface area (Å²) in [6.45, 7) is 0.768. The van der Waals surface area contributed by atoms with Crippen LogP contribution in [0.1, 0.15) is 51.5 Å². The molecule has 1 aliphatic carbocycles. The average Bonchev–Trinajstić information content (AvgIpc) is 3.55. The van der Waals surface area contributed by atoms with Gasteiger partial charge < -0.3 is 4.57 Å². The van der Waals surface area contributed by atoms with E-state index in [2.05, 4.69) is 44.7 Å². The van der Waals surface area contributed by atoms with Crippen molar-refractivity contribution >= 4 is 26.8 Å². The number of fused-ring (bicyclic) bond motifs is 1. The molecule has 2 heterocycles. The summed E-state index contributed by atoms with van der Waals surface area (Å²) in [5.41, 5.74) is 5.25. The predicted octanol–water partition coefficient (Wildman–Crippen LogP) is 4.24. The summed E-state index contributed by atoms with van der Waals surface area (Å²) >= 11 is 0. The zero-order valence-corrected chi connectivity index (χ0v) is 19.2. The Morgan fingerprint density at radius 3 is 2.61 bits per heavy atom. The first-order valence-electron chi connectivity index (χ1n) is 11.0. The Balaban J connectivity index is 1.50. The molecule has 4 aromatic rings. The molecule has 5 rings (SSSR count). The van der Waals surface area contributed by atoms with Crippen molar-refractivity contribution in [1.29, 1.82) is 0 Å². The van der Waals surface area contributed by atoms with Gasteiger partial charge in [-0.3, -0.25) is 9.78 Å². The third kappa shape index (κ3) is 4.83. The van der Waals surface area contributed by atoms with Gasteiger partial charge in [0.2, 0.25) is 10.0 Å². The minimum absolute atomic E-state index is 0.325. The molecule has 2 aromatic carbocycles. The maximum Gasteiger partial charge on any atom is 0.266 e. The molecule has 1 fully saturated rings. The van der Waals surface area contributed by atoms with Gasteiger partial charge in [-0.1, -0.05) is 42.5 Å². The number of aromatic nitrogens is 2. The highest BCUT2D eigenvalue weighted by molar-refractivity contribution is 7.89. The van der Waals surface area contributed by atoms with Crippen LogP contribution in [0.5, 0.6) is 0 Å². The minimum atomic E-state index is -3.67. The highest BCUT2D eigenvalue weighted by Crippen LogP contribution is 2.40. The maximum atomic E-state index is 12.8. The van der Waals surface area contributed by atoms with Gasteiger partial charge in [0, 0.05) is 36.3 Å². The van der Waals surface area contributed by atoms with Crippen molar-refractivity contribution in [2.45, 2.75) is 31.7 Å². The topological polar surface area (TPSA) is 81.1 Å². The molecule has 168 valence electrons. The molecule has 0 radical (unpaired) electrons. The third-order valence-electron chi connectivity index (χ3n) is 6.02. The van der Waals surface area contributed by atoms with Gasteiger partial charge in [-0.25, -0.2) is 13.1 Å². The molecule has 33 heavy (non-hydrogen) atoms.